The third-order valence-corrected chi connectivity index (χ3v) is 1.60. The molecule has 0 saturated heterocycles. The molecule has 2 aromatic heterocycles. The van der Waals surface area contributed by atoms with Gasteiger partial charge in [-0.2, -0.15) is 5.10 Å². The molecular formula is C7H5N3O2. The molecule has 0 amide bonds. The summed E-state index contributed by atoms with van der Waals surface area (Å²) in [7, 11) is 0. The quantitative estimate of drug-likeness (QED) is 0.469. The predicted octanol–water partition coefficient (Wildman–Crippen LogP) is 1.24. The summed E-state index contributed by atoms with van der Waals surface area (Å²) in [5, 5.41) is 14.2. The molecule has 0 fully saturated rings. The van der Waals surface area contributed by atoms with E-state index >= 15 is 0 Å². The monoisotopic (exact) mass is 163 g/mol. The summed E-state index contributed by atoms with van der Waals surface area (Å²) in [5.74, 6) is 0. The van der Waals surface area contributed by atoms with Crippen molar-refractivity contribution in [2.24, 2.45) is 0 Å². The van der Waals surface area contributed by atoms with Crippen molar-refractivity contribution in [1.82, 2.24) is 9.61 Å². The number of fused-ring (bicyclic) bond motifs is 1. The summed E-state index contributed by atoms with van der Waals surface area (Å²) >= 11 is 0. The van der Waals surface area contributed by atoms with Gasteiger partial charge in [0.05, 0.1) is 4.92 Å². The summed E-state index contributed by atoms with van der Waals surface area (Å²) in [5.41, 5.74) is 0.554. The highest BCUT2D eigenvalue weighted by Gasteiger charge is 2.12. The van der Waals surface area contributed by atoms with Gasteiger partial charge in [0.2, 0.25) is 0 Å². The molecule has 5 heteroatoms. The van der Waals surface area contributed by atoms with Crippen molar-refractivity contribution < 1.29 is 4.92 Å². The van der Waals surface area contributed by atoms with E-state index in [0.717, 1.165) is 0 Å². The van der Waals surface area contributed by atoms with Crippen molar-refractivity contribution in [2.75, 3.05) is 0 Å². The SMILES string of the molecule is O=[N+]([O-])c1cnn2ccccc12. The van der Waals surface area contributed by atoms with Crippen LogP contribution in [-0.2, 0) is 0 Å². The number of hydrogen-bond donors (Lipinski definition) is 0. The summed E-state index contributed by atoms with van der Waals surface area (Å²) in [6.07, 6.45) is 2.91. The topological polar surface area (TPSA) is 60.4 Å². The van der Waals surface area contributed by atoms with Gasteiger partial charge in [-0.15, -0.1) is 0 Å². The highest BCUT2D eigenvalue weighted by molar-refractivity contribution is 5.63. The Labute approximate surface area is 67.4 Å². The third kappa shape index (κ3) is 0.833. The average Bonchev–Trinajstić information content (AvgIpc) is 2.47. The summed E-state index contributed by atoms with van der Waals surface area (Å²) in [6, 6.07) is 5.17. The number of hydrogen-bond acceptors (Lipinski definition) is 3. The van der Waals surface area contributed by atoms with Crippen molar-refractivity contribution in [3.05, 3.63) is 40.7 Å². The maximum Gasteiger partial charge on any atom is 0.314 e. The second-order valence-electron chi connectivity index (χ2n) is 2.32. The van der Waals surface area contributed by atoms with Crippen molar-refractivity contribution in [1.29, 1.82) is 0 Å². The van der Waals surface area contributed by atoms with Gasteiger partial charge in [0.15, 0.2) is 0 Å². The Bertz CT molecular complexity index is 435. The smallest absolute Gasteiger partial charge is 0.258 e. The van der Waals surface area contributed by atoms with Crippen molar-refractivity contribution in [2.45, 2.75) is 0 Å². The fraction of sp³-hybridized carbons (Fsp3) is 0. The van der Waals surface area contributed by atoms with Gasteiger partial charge in [-0.3, -0.25) is 10.1 Å². The minimum atomic E-state index is -0.442. The zero-order valence-corrected chi connectivity index (χ0v) is 6.04. The van der Waals surface area contributed by atoms with Crippen LogP contribution in [0.25, 0.3) is 5.52 Å². The van der Waals surface area contributed by atoms with Crippen LogP contribution in [0.3, 0.4) is 0 Å². The Balaban J connectivity index is 2.79. The van der Waals surface area contributed by atoms with Crippen LogP contribution in [0.1, 0.15) is 0 Å². The second kappa shape index (κ2) is 2.30. The fourth-order valence-electron chi connectivity index (χ4n) is 1.06. The first-order valence-corrected chi connectivity index (χ1v) is 3.36. The van der Waals surface area contributed by atoms with Crippen molar-refractivity contribution in [3.63, 3.8) is 0 Å². The van der Waals surface area contributed by atoms with E-state index in [4.69, 9.17) is 0 Å². The first-order valence-electron chi connectivity index (χ1n) is 3.36. The van der Waals surface area contributed by atoms with Crippen LogP contribution in [0.5, 0.6) is 0 Å². The number of pyridine rings is 1. The van der Waals surface area contributed by atoms with Crippen LogP contribution in [-0.4, -0.2) is 14.5 Å². The molecule has 0 unspecified atom stereocenters. The highest BCUT2D eigenvalue weighted by atomic mass is 16.6. The lowest BCUT2D eigenvalue weighted by Crippen LogP contribution is -1.87. The van der Waals surface area contributed by atoms with Crippen molar-refractivity contribution in [3.8, 4) is 0 Å². The molecule has 0 aliphatic heterocycles. The molecule has 0 aliphatic rings. The lowest BCUT2D eigenvalue weighted by Gasteiger charge is -1.88. The van der Waals surface area contributed by atoms with Gasteiger partial charge in [-0.25, -0.2) is 4.52 Å². The molecule has 2 rings (SSSR count). The Hall–Kier alpha value is -1.91. The third-order valence-electron chi connectivity index (χ3n) is 1.60. The first kappa shape index (κ1) is 6.78. The van der Waals surface area contributed by atoms with Crippen LogP contribution in [0.4, 0.5) is 5.69 Å². The van der Waals surface area contributed by atoms with Gasteiger partial charge in [0.25, 0.3) is 0 Å². The van der Waals surface area contributed by atoms with Crippen LogP contribution < -0.4 is 0 Å². The maximum atomic E-state index is 10.4. The molecule has 12 heavy (non-hydrogen) atoms. The largest absolute Gasteiger partial charge is 0.314 e. The van der Waals surface area contributed by atoms with E-state index in [2.05, 4.69) is 5.10 Å². The van der Waals surface area contributed by atoms with Crippen molar-refractivity contribution >= 4 is 11.2 Å². The maximum absolute atomic E-state index is 10.4. The summed E-state index contributed by atoms with van der Waals surface area (Å²) in [4.78, 5) is 9.99. The summed E-state index contributed by atoms with van der Waals surface area (Å²) < 4.78 is 1.47. The lowest BCUT2D eigenvalue weighted by molar-refractivity contribution is -0.383. The fourth-order valence-corrected chi connectivity index (χ4v) is 1.06. The van der Waals surface area contributed by atoms with Crippen LogP contribution in [0, 0.1) is 10.1 Å². The predicted molar refractivity (Wildman–Crippen MR) is 41.8 cm³/mol. The van der Waals surface area contributed by atoms with Crippen LogP contribution in [0.15, 0.2) is 30.6 Å². The Morgan fingerprint density at radius 1 is 1.50 bits per heavy atom. The molecule has 2 aromatic rings. The minimum Gasteiger partial charge on any atom is -0.258 e. The van der Waals surface area contributed by atoms with E-state index in [-0.39, 0.29) is 5.69 Å². The van der Waals surface area contributed by atoms with E-state index in [0.29, 0.717) is 5.52 Å². The molecule has 60 valence electrons. The van der Waals surface area contributed by atoms with Gasteiger partial charge in [0, 0.05) is 6.20 Å². The zero-order valence-electron chi connectivity index (χ0n) is 6.04. The average molecular weight is 163 g/mol. The lowest BCUT2D eigenvalue weighted by atomic mass is 10.4. The molecule has 0 saturated carbocycles. The molecule has 0 N–H and O–H groups in total. The first-order chi connectivity index (χ1) is 5.79. The van der Waals surface area contributed by atoms with E-state index in [9.17, 15) is 10.1 Å². The van der Waals surface area contributed by atoms with Gasteiger partial charge in [0.1, 0.15) is 11.7 Å². The molecule has 0 bridgehead atoms. The number of nitrogens with zero attached hydrogens (tertiary/aromatic N) is 3. The normalized spacial score (nSPS) is 10.3. The molecule has 0 spiro atoms. The zero-order chi connectivity index (χ0) is 8.55. The number of aromatic nitrogens is 2. The number of nitro groups is 1. The second-order valence-corrected chi connectivity index (χ2v) is 2.32. The Morgan fingerprint density at radius 2 is 2.33 bits per heavy atom. The van der Waals surface area contributed by atoms with Gasteiger partial charge >= 0.3 is 5.69 Å². The van der Waals surface area contributed by atoms with E-state index < -0.39 is 4.92 Å². The van der Waals surface area contributed by atoms with Gasteiger partial charge in [-0.1, -0.05) is 6.07 Å². The molecular weight excluding hydrogens is 158 g/mol. The molecule has 0 atom stereocenters. The van der Waals surface area contributed by atoms with Gasteiger partial charge < -0.3 is 0 Å². The molecule has 5 nitrogen and oxygen atoms in total. The Morgan fingerprint density at radius 3 is 3.08 bits per heavy atom. The highest BCUT2D eigenvalue weighted by Crippen LogP contribution is 2.17. The molecule has 0 aromatic carbocycles. The number of rotatable bonds is 1. The van der Waals surface area contributed by atoms with Gasteiger partial charge in [-0.05, 0) is 12.1 Å². The van der Waals surface area contributed by atoms with Crippen LogP contribution in [0.2, 0.25) is 0 Å². The molecule has 0 aliphatic carbocycles. The van der Waals surface area contributed by atoms with E-state index in [1.54, 1.807) is 24.4 Å². The van der Waals surface area contributed by atoms with E-state index in [1.807, 2.05) is 0 Å². The molecule has 0 radical (unpaired) electrons. The van der Waals surface area contributed by atoms with Crippen LogP contribution >= 0.6 is 0 Å². The minimum absolute atomic E-state index is 0.0376. The molecule has 2 heterocycles. The standard InChI is InChI=1S/C7H5N3O2/c11-10(12)7-5-8-9-4-2-1-3-6(7)9/h1-5H. The Kier molecular flexibility index (Phi) is 1.30. The summed E-state index contributed by atoms with van der Waals surface area (Å²) in [6.45, 7) is 0. The van der Waals surface area contributed by atoms with E-state index in [1.165, 1.54) is 10.7 Å².